The molecule has 21 heavy (non-hydrogen) atoms. The second kappa shape index (κ2) is 6.05. The van der Waals surface area contributed by atoms with Crippen LogP contribution in [0.25, 0.3) is 0 Å². The average Bonchev–Trinajstić information content (AvgIpc) is 2.40. The van der Waals surface area contributed by atoms with Crippen molar-refractivity contribution in [3.63, 3.8) is 0 Å². The molecule has 0 amide bonds. The average molecular weight is 362 g/mol. The summed E-state index contributed by atoms with van der Waals surface area (Å²) >= 11 is 3.30. The number of benzene rings is 2. The molecule has 0 radical (unpaired) electrons. The molecule has 0 aliphatic heterocycles. The third-order valence-electron chi connectivity index (χ3n) is 3.04. The lowest BCUT2D eigenvalue weighted by Gasteiger charge is -2.17. The number of nitrogens with one attached hydrogen (secondary N) is 1. The van der Waals surface area contributed by atoms with Gasteiger partial charge in [0.15, 0.2) is 0 Å². The van der Waals surface area contributed by atoms with Gasteiger partial charge in [-0.15, -0.1) is 0 Å². The van der Waals surface area contributed by atoms with Gasteiger partial charge >= 0.3 is 6.18 Å². The highest BCUT2D eigenvalue weighted by Gasteiger charge is 2.31. The Hall–Kier alpha value is -1.56. The Labute approximate surface area is 128 Å². The van der Waals surface area contributed by atoms with Gasteiger partial charge in [-0.3, -0.25) is 0 Å². The fourth-order valence-corrected chi connectivity index (χ4v) is 2.14. The lowest BCUT2D eigenvalue weighted by atomic mass is 10.1. The van der Waals surface area contributed by atoms with Crippen LogP contribution in [-0.2, 0) is 6.18 Å². The van der Waals surface area contributed by atoms with Crippen LogP contribution in [0, 0.1) is 5.82 Å². The first-order valence-corrected chi connectivity index (χ1v) is 6.95. The molecule has 0 saturated heterocycles. The fraction of sp³-hybridized carbons (Fsp3) is 0.200. The molecule has 1 unspecified atom stereocenters. The quantitative estimate of drug-likeness (QED) is 0.683. The van der Waals surface area contributed by atoms with Crippen LogP contribution in [0.2, 0.25) is 0 Å². The zero-order valence-electron chi connectivity index (χ0n) is 11.0. The minimum absolute atomic E-state index is 0.166. The van der Waals surface area contributed by atoms with E-state index in [9.17, 15) is 17.6 Å². The Bertz CT molecular complexity index is 623. The molecule has 0 aliphatic carbocycles. The molecule has 1 atom stereocenters. The predicted octanol–water partition coefficient (Wildman–Crippen LogP) is 5.78. The zero-order valence-corrected chi connectivity index (χ0v) is 12.6. The maximum atomic E-state index is 13.7. The van der Waals surface area contributed by atoms with E-state index in [1.807, 2.05) is 24.3 Å². The molecule has 1 N–H and O–H groups in total. The van der Waals surface area contributed by atoms with E-state index in [4.69, 9.17) is 0 Å². The highest BCUT2D eigenvalue weighted by molar-refractivity contribution is 9.10. The third-order valence-corrected chi connectivity index (χ3v) is 3.56. The maximum absolute atomic E-state index is 13.7. The van der Waals surface area contributed by atoms with Gasteiger partial charge in [-0.1, -0.05) is 28.1 Å². The van der Waals surface area contributed by atoms with Crippen molar-refractivity contribution in [1.29, 1.82) is 0 Å². The van der Waals surface area contributed by atoms with E-state index in [1.54, 1.807) is 6.92 Å². The summed E-state index contributed by atoms with van der Waals surface area (Å²) in [5.74, 6) is -0.716. The molecular formula is C15H12BrF4N. The van der Waals surface area contributed by atoms with Gasteiger partial charge in [0, 0.05) is 10.5 Å². The van der Waals surface area contributed by atoms with Crippen LogP contribution in [0.4, 0.5) is 23.2 Å². The van der Waals surface area contributed by atoms with Crippen LogP contribution < -0.4 is 5.32 Å². The molecule has 1 nitrogen and oxygen atoms in total. The van der Waals surface area contributed by atoms with Gasteiger partial charge in [0.05, 0.1) is 11.3 Å². The van der Waals surface area contributed by atoms with Gasteiger partial charge in [0.1, 0.15) is 5.82 Å². The molecular weight excluding hydrogens is 350 g/mol. The molecule has 0 aromatic heterocycles. The molecule has 0 saturated carbocycles. The lowest BCUT2D eigenvalue weighted by Crippen LogP contribution is -2.10. The highest BCUT2D eigenvalue weighted by Crippen LogP contribution is 2.33. The SMILES string of the molecule is CC(Nc1cc(C(F)(F)F)ccc1F)c1ccc(Br)cc1. The van der Waals surface area contributed by atoms with Gasteiger partial charge in [-0.25, -0.2) is 4.39 Å². The van der Waals surface area contributed by atoms with Crippen LogP contribution >= 0.6 is 15.9 Å². The van der Waals surface area contributed by atoms with Crippen molar-refractivity contribution in [1.82, 2.24) is 0 Å². The van der Waals surface area contributed by atoms with Crippen LogP contribution in [0.5, 0.6) is 0 Å². The molecule has 0 aliphatic rings. The molecule has 0 bridgehead atoms. The molecule has 112 valence electrons. The number of anilines is 1. The maximum Gasteiger partial charge on any atom is 0.416 e. The van der Waals surface area contributed by atoms with Crippen molar-refractivity contribution in [3.05, 3.63) is 63.9 Å². The van der Waals surface area contributed by atoms with Crippen LogP contribution in [-0.4, -0.2) is 0 Å². The number of alkyl halides is 3. The summed E-state index contributed by atoms with van der Waals surface area (Å²) < 4.78 is 52.5. The fourth-order valence-electron chi connectivity index (χ4n) is 1.88. The standard InChI is InChI=1S/C15H12BrF4N/c1-9(10-2-5-12(16)6-3-10)21-14-8-11(15(18,19)20)4-7-13(14)17/h2-9,21H,1H3. The summed E-state index contributed by atoms with van der Waals surface area (Å²) in [6, 6.07) is 9.26. The molecule has 0 fully saturated rings. The van der Waals surface area contributed by atoms with E-state index in [1.165, 1.54) is 0 Å². The van der Waals surface area contributed by atoms with Gasteiger partial charge in [-0.05, 0) is 42.8 Å². The van der Waals surface area contributed by atoms with Gasteiger partial charge in [0.2, 0.25) is 0 Å². The zero-order chi connectivity index (χ0) is 15.6. The molecule has 2 rings (SSSR count). The first-order valence-electron chi connectivity index (χ1n) is 6.16. The van der Waals surface area contributed by atoms with Crippen molar-refractivity contribution >= 4 is 21.6 Å². The van der Waals surface area contributed by atoms with Crippen molar-refractivity contribution in [2.24, 2.45) is 0 Å². The van der Waals surface area contributed by atoms with Crippen LogP contribution in [0.1, 0.15) is 24.1 Å². The van der Waals surface area contributed by atoms with E-state index in [2.05, 4.69) is 21.2 Å². The van der Waals surface area contributed by atoms with Gasteiger partial charge < -0.3 is 5.32 Å². The van der Waals surface area contributed by atoms with E-state index in [0.717, 1.165) is 28.2 Å². The number of hydrogen-bond acceptors (Lipinski definition) is 1. The van der Waals surface area contributed by atoms with Crippen LogP contribution in [0.3, 0.4) is 0 Å². The number of hydrogen-bond donors (Lipinski definition) is 1. The summed E-state index contributed by atoms with van der Waals surface area (Å²) in [5, 5.41) is 2.77. The van der Waals surface area contributed by atoms with E-state index in [-0.39, 0.29) is 11.7 Å². The lowest BCUT2D eigenvalue weighted by molar-refractivity contribution is -0.137. The summed E-state index contributed by atoms with van der Waals surface area (Å²) in [6.45, 7) is 1.75. The molecule has 0 spiro atoms. The highest BCUT2D eigenvalue weighted by atomic mass is 79.9. The molecule has 2 aromatic carbocycles. The summed E-state index contributed by atoms with van der Waals surface area (Å²) in [7, 11) is 0. The molecule has 2 aromatic rings. The first kappa shape index (κ1) is 15.8. The van der Waals surface area contributed by atoms with E-state index >= 15 is 0 Å². The molecule has 6 heteroatoms. The normalized spacial score (nSPS) is 13.0. The number of halogens is 5. The van der Waals surface area contributed by atoms with E-state index in [0.29, 0.717) is 0 Å². The van der Waals surface area contributed by atoms with Crippen LogP contribution in [0.15, 0.2) is 46.9 Å². The summed E-state index contributed by atoms with van der Waals surface area (Å²) in [5.41, 5.74) is -0.204. The van der Waals surface area contributed by atoms with E-state index < -0.39 is 17.6 Å². The van der Waals surface area contributed by atoms with Crippen molar-refractivity contribution < 1.29 is 17.6 Å². The van der Waals surface area contributed by atoms with Crippen molar-refractivity contribution in [2.45, 2.75) is 19.1 Å². The minimum atomic E-state index is -4.50. The number of rotatable bonds is 3. The second-order valence-electron chi connectivity index (χ2n) is 4.61. The third kappa shape index (κ3) is 3.97. The minimum Gasteiger partial charge on any atom is -0.376 e. The Morgan fingerprint density at radius 2 is 1.67 bits per heavy atom. The largest absolute Gasteiger partial charge is 0.416 e. The Morgan fingerprint density at radius 3 is 2.24 bits per heavy atom. The van der Waals surface area contributed by atoms with Crippen molar-refractivity contribution in [3.8, 4) is 0 Å². The predicted molar refractivity (Wildman–Crippen MR) is 77.6 cm³/mol. The second-order valence-corrected chi connectivity index (χ2v) is 5.53. The summed E-state index contributed by atoms with van der Waals surface area (Å²) in [4.78, 5) is 0. The smallest absolute Gasteiger partial charge is 0.376 e. The Morgan fingerprint density at radius 1 is 1.05 bits per heavy atom. The Kier molecular flexibility index (Phi) is 4.56. The Balaban J connectivity index is 2.24. The first-order chi connectivity index (χ1) is 9.77. The van der Waals surface area contributed by atoms with Crippen molar-refractivity contribution in [2.75, 3.05) is 5.32 Å². The monoisotopic (exact) mass is 361 g/mol. The van der Waals surface area contributed by atoms with Gasteiger partial charge in [0.25, 0.3) is 0 Å². The molecule has 0 heterocycles. The van der Waals surface area contributed by atoms with Gasteiger partial charge in [-0.2, -0.15) is 13.2 Å². The topological polar surface area (TPSA) is 12.0 Å². The summed E-state index contributed by atoms with van der Waals surface area (Å²) in [6.07, 6.45) is -4.50.